The quantitative estimate of drug-likeness (QED) is 0.440. The Bertz CT molecular complexity index is 1510. The minimum Gasteiger partial charge on any atom is -0.408 e. The highest BCUT2D eigenvalue weighted by Gasteiger charge is 2.35. The smallest absolute Gasteiger partial charge is 0.408 e. The van der Waals surface area contributed by atoms with Crippen LogP contribution in [0.2, 0.25) is 0 Å². The van der Waals surface area contributed by atoms with Crippen LogP contribution in [0.1, 0.15) is 38.1 Å². The van der Waals surface area contributed by atoms with Crippen LogP contribution < -0.4 is 5.76 Å². The second-order valence-corrected chi connectivity index (χ2v) is 11.5. The number of aromatic nitrogens is 3. The van der Waals surface area contributed by atoms with Gasteiger partial charge in [0.15, 0.2) is 5.58 Å². The number of aromatic amines is 1. The van der Waals surface area contributed by atoms with Crippen molar-refractivity contribution in [2.45, 2.75) is 49.1 Å². The molecule has 0 aliphatic carbocycles. The number of rotatable bonds is 6. The molecule has 2 fully saturated rings. The summed E-state index contributed by atoms with van der Waals surface area (Å²) < 4.78 is 35.7. The molecule has 0 bridgehead atoms. The molecule has 1 atom stereocenters. The van der Waals surface area contributed by atoms with Gasteiger partial charge in [0.25, 0.3) is 0 Å². The molecule has 2 aliphatic rings. The van der Waals surface area contributed by atoms with Crippen LogP contribution in [0.5, 0.6) is 0 Å². The van der Waals surface area contributed by atoms with E-state index in [1.54, 1.807) is 33.3 Å². The van der Waals surface area contributed by atoms with E-state index < -0.39 is 10.0 Å². The van der Waals surface area contributed by atoms with Gasteiger partial charge in [-0.2, -0.15) is 9.40 Å². The maximum atomic E-state index is 13.4. The number of hydrogen-bond acceptors (Lipinski definition) is 6. The molecule has 0 unspecified atom stereocenters. The van der Waals surface area contributed by atoms with Gasteiger partial charge < -0.3 is 9.32 Å². The fourth-order valence-electron chi connectivity index (χ4n) is 5.69. The number of sulfonamides is 1. The van der Waals surface area contributed by atoms with E-state index in [1.165, 1.54) is 0 Å². The number of benzene rings is 2. The summed E-state index contributed by atoms with van der Waals surface area (Å²) in [7, 11) is -3.56. The molecule has 4 aromatic rings. The largest absolute Gasteiger partial charge is 0.420 e. The molecule has 4 heterocycles. The maximum absolute atomic E-state index is 13.4. The lowest BCUT2D eigenvalue weighted by Crippen LogP contribution is -2.41. The highest BCUT2D eigenvalue weighted by molar-refractivity contribution is 7.89. The van der Waals surface area contributed by atoms with Crippen molar-refractivity contribution in [2.75, 3.05) is 26.2 Å². The van der Waals surface area contributed by atoms with Gasteiger partial charge in [-0.15, -0.1) is 0 Å². The molecule has 0 saturated carbocycles. The predicted molar refractivity (Wildman–Crippen MR) is 133 cm³/mol. The molecule has 2 aromatic heterocycles. The molecular weight excluding hydrogens is 466 g/mol. The highest BCUT2D eigenvalue weighted by Crippen LogP contribution is 2.30. The Labute approximate surface area is 203 Å². The van der Waals surface area contributed by atoms with Gasteiger partial charge in [-0.3, -0.25) is 9.67 Å². The van der Waals surface area contributed by atoms with Crippen LogP contribution in [0, 0.1) is 0 Å². The molecule has 2 aliphatic heterocycles. The van der Waals surface area contributed by atoms with E-state index in [0.29, 0.717) is 17.0 Å². The van der Waals surface area contributed by atoms with Crippen molar-refractivity contribution < 1.29 is 12.8 Å². The molecular formula is C25H29N5O4S. The topological polar surface area (TPSA) is 104 Å². The second kappa shape index (κ2) is 8.92. The Morgan fingerprint density at radius 3 is 2.74 bits per heavy atom. The number of likely N-dealkylation sites (tertiary alicyclic amines) is 1. The van der Waals surface area contributed by atoms with Crippen molar-refractivity contribution in [1.82, 2.24) is 24.0 Å². The van der Waals surface area contributed by atoms with Crippen LogP contribution in [-0.2, 0) is 10.0 Å². The van der Waals surface area contributed by atoms with E-state index in [4.69, 9.17) is 4.42 Å². The van der Waals surface area contributed by atoms with E-state index >= 15 is 0 Å². The number of fused-ring (bicyclic) bond motifs is 2. The molecule has 0 radical (unpaired) electrons. The monoisotopic (exact) mass is 495 g/mol. The average Bonchev–Trinajstić information content (AvgIpc) is 3.60. The van der Waals surface area contributed by atoms with Gasteiger partial charge in [0.2, 0.25) is 10.0 Å². The number of nitrogens with zero attached hydrogens (tertiary/aromatic N) is 4. The lowest BCUT2D eigenvalue weighted by Gasteiger charge is -2.33. The summed E-state index contributed by atoms with van der Waals surface area (Å²) >= 11 is 0. The molecule has 0 amide bonds. The van der Waals surface area contributed by atoms with Crippen LogP contribution in [-0.4, -0.2) is 64.6 Å². The zero-order chi connectivity index (χ0) is 24.0. The van der Waals surface area contributed by atoms with Gasteiger partial charge in [-0.1, -0.05) is 12.1 Å². The average molecular weight is 496 g/mol. The molecule has 0 spiro atoms. The van der Waals surface area contributed by atoms with Gasteiger partial charge in [-0.05, 0) is 69.0 Å². The van der Waals surface area contributed by atoms with Crippen molar-refractivity contribution in [3.05, 3.63) is 59.2 Å². The van der Waals surface area contributed by atoms with Crippen molar-refractivity contribution in [1.29, 1.82) is 0 Å². The fraction of sp³-hybridized carbons (Fsp3) is 0.440. The summed E-state index contributed by atoms with van der Waals surface area (Å²) in [4.78, 5) is 15.1. The summed E-state index contributed by atoms with van der Waals surface area (Å²) in [6.45, 7) is 3.18. The third-order valence-electron chi connectivity index (χ3n) is 7.56. The number of piperidine rings is 1. The van der Waals surface area contributed by atoms with Crippen molar-refractivity contribution in [2.24, 2.45) is 0 Å². The SMILES string of the molecule is O=c1oc2ccccc2n1C1CCN(CC[C@H]2CCCN2S(=O)(=O)c2ccc3cn[nH]c3c2)CC1. The summed E-state index contributed by atoms with van der Waals surface area (Å²) in [5, 5.41) is 7.76. The van der Waals surface area contributed by atoms with Gasteiger partial charge >= 0.3 is 5.76 Å². The van der Waals surface area contributed by atoms with Crippen LogP contribution in [0.15, 0.2) is 62.8 Å². The van der Waals surface area contributed by atoms with E-state index in [-0.39, 0.29) is 17.8 Å². The third-order valence-corrected chi connectivity index (χ3v) is 9.51. The highest BCUT2D eigenvalue weighted by atomic mass is 32.2. The lowest BCUT2D eigenvalue weighted by molar-refractivity contribution is 0.172. The first-order valence-corrected chi connectivity index (χ1v) is 13.7. The van der Waals surface area contributed by atoms with Crippen molar-refractivity contribution >= 4 is 32.0 Å². The number of hydrogen-bond donors (Lipinski definition) is 1. The molecule has 184 valence electrons. The summed E-state index contributed by atoms with van der Waals surface area (Å²) in [5.74, 6) is -0.287. The fourth-order valence-corrected chi connectivity index (χ4v) is 7.44. The van der Waals surface area contributed by atoms with Gasteiger partial charge in [0, 0.05) is 37.1 Å². The molecule has 2 aromatic carbocycles. The first-order valence-electron chi connectivity index (χ1n) is 12.3. The Morgan fingerprint density at radius 2 is 1.89 bits per heavy atom. The number of oxazole rings is 1. The Balaban J connectivity index is 1.09. The number of H-pyrrole nitrogens is 1. The summed E-state index contributed by atoms with van der Waals surface area (Å²) in [6.07, 6.45) is 6.03. The molecule has 9 nitrogen and oxygen atoms in total. The lowest BCUT2D eigenvalue weighted by atomic mass is 10.0. The van der Waals surface area contributed by atoms with E-state index in [1.807, 2.05) is 24.3 Å². The van der Waals surface area contributed by atoms with Crippen LogP contribution in [0.4, 0.5) is 0 Å². The molecule has 6 rings (SSSR count). The maximum Gasteiger partial charge on any atom is 0.420 e. The molecule has 35 heavy (non-hydrogen) atoms. The Hall–Kier alpha value is -2.95. The summed E-state index contributed by atoms with van der Waals surface area (Å²) in [5.41, 5.74) is 2.22. The predicted octanol–water partition coefficient (Wildman–Crippen LogP) is 3.35. The van der Waals surface area contributed by atoms with E-state index in [9.17, 15) is 13.2 Å². The summed E-state index contributed by atoms with van der Waals surface area (Å²) in [6, 6.07) is 12.9. The zero-order valence-corrected chi connectivity index (χ0v) is 20.3. The first kappa shape index (κ1) is 22.5. The number of nitrogens with one attached hydrogen (secondary N) is 1. The molecule has 10 heteroatoms. The normalized spacial score (nSPS) is 20.9. The van der Waals surface area contributed by atoms with E-state index in [0.717, 1.165) is 68.2 Å². The minimum atomic E-state index is -3.56. The van der Waals surface area contributed by atoms with Crippen LogP contribution in [0.3, 0.4) is 0 Å². The van der Waals surface area contributed by atoms with Gasteiger partial charge in [0.05, 0.1) is 22.1 Å². The number of para-hydroxylation sites is 2. The van der Waals surface area contributed by atoms with Gasteiger partial charge in [0.1, 0.15) is 0 Å². The van der Waals surface area contributed by atoms with Gasteiger partial charge in [-0.25, -0.2) is 13.2 Å². The minimum absolute atomic E-state index is 0.00984. The third kappa shape index (κ3) is 4.09. The standard InChI is InChI=1S/C25H29N5O4S/c31-25-30(23-5-1-2-6-24(23)34-25)20-10-14-28(15-11-20)13-9-19-4-3-12-29(19)35(32,33)21-8-7-18-17-26-27-22(18)16-21/h1-2,5-8,16-17,19-20H,3-4,9-15H2,(H,26,27)/t19-/m1/s1. The van der Waals surface area contributed by atoms with Crippen LogP contribution in [0.25, 0.3) is 22.0 Å². The van der Waals surface area contributed by atoms with Crippen molar-refractivity contribution in [3.8, 4) is 0 Å². The Kier molecular flexibility index (Phi) is 5.74. The van der Waals surface area contributed by atoms with Crippen LogP contribution >= 0.6 is 0 Å². The molecule has 1 N–H and O–H groups in total. The Morgan fingerprint density at radius 1 is 1.06 bits per heavy atom. The zero-order valence-electron chi connectivity index (χ0n) is 19.5. The van der Waals surface area contributed by atoms with Crippen molar-refractivity contribution in [3.63, 3.8) is 0 Å². The van der Waals surface area contributed by atoms with E-state index in [2.05, 4.69) is 15.1 Å². The molecule has 2 saturated heterocycles. The first-order chi connectivity index (χ1) is 17.0. The second-order valence-electron chi connectivity index (χ2n) is 9.60.